The number of halogens is 2. The number of nitrogens with one attached hydrogen (secondary N) is 1. The van der Waals surface area contributed by atoms with Crippen molar-refractivity contribution in [3.63, 3.8) is 0 Å². The van der Waals surface area contributed by atoms with Gasteiger partial charge < -0.3 is 5.32 Å². The van der Waals surface area contributed by atoms with Crippen LogP contribution in [0.15, 0.2) is 18.2 Å². The van der Waals surface area contributed by atoms with Crippen LogP contribution in [0.4, 0.5) is 8.78 Å². The molecule has 4 heteroatoms. The molecule has 1 heterocycles. The summed E-state index contributed by atoms with van der Waals surface area (Å²) in [5, 5.41) is 3.83. The van der Waals surface area contributed by atoms with Crippen molar-refractivity contribution in [1.82, 2.24) is 5.32 Å². The van der Waals surface area contributed by atoms with Crippen LogP contribution in [-0.4, -0.2) is 23.6 Å². The number of thioether (sulfide) groups is 1. The van der Waals surface area contributed by atoms with Gasteiger partial charge in [0.2, 0.25) is 0 Å². The molecule has 1 nitrogen and oxygen atoms in total. The molecule has 0 radical (unpaired) electrons. The lowest BCUT2D eigenvalue weighted by molar-refractivity contribution is 0.503. The van der Waals surface area contributed by atoms with Gasteiger partial charge in [0.1, 0.15) is 0 Å². The monoisotopic (exact) mass is 243 g/mol. The maximum absolute atomic E-state index is 13.0. The number of hydrogen-bond donors (Lipinski definition) is 1. The molecular formula is C12H15F2NS. The van der Waals surface area contributed by atoms with Crippen molar-refractivity contribution in [2.24, 2.45) is 0 Å². The smallest absolute Gasteiger partial charge is 0.159 e. The van der Waals surface area contributed by atoms with Crippen LogP contribution in [0.2, 0.25) is 0 Å². The summed E-state index contributed by atoms with van der Waals surface area (Å²) < 4.78 is 25.8. The van der Waals surface area contributed by atoms with E-state index in [0.717, 1.165) is 24.3 Å². The standard InChI is InChI=1S/C12H15F2NS/c1-8-12(16-5-4-15-8)7-9-2-3-10(13)11(14)6-9/h2-3,6,8,12,15H,4-5,7H2,1H3. The van der Waals surface area contributed by atoms with Gasteiger partial charge in [-0.15, -0.1) is 0 Å². The minimum atomic E-state index is -0.772. The van der Waals surface area contributed by atoms with Gasteiger partial charge in [0.05, 0.1) is 0 Å². The van der Waals surface area contributed by atoms with Crippen molar-refractivity contribution in [3.8, 4) is 0 Å². The molecule has 0 saturated carbocycles. The third-order valence-corrected chi connectivity index (χ3v) is 4.32. The Morgan fingerprint density at radius 1 is 1.38 bits per heavy atom. The van der Waals surface area contributed by atoms with Crippen LogP contribution in [0.3, 0.4) is 0 Å². The van der Waals surface area contributed by atoms with Crippen molar-refractivity contribution in [2.45, 2.75) is 24.6 Å². The zero-order valence-corrected chi connectivity index (χ0v) is 9.99. The number of hydrogen-bond acceptors (Lipinski definition) is 2. The predicted octanol–water partition coefficient (Wildman–Crippen LogP) is 2.60. The molecule has 2 atom stereocenters. The van der Waals surface area contributed by atoms with Crippen LogP contribution >= 0.6 is 11.8 Å². The van der Waals surface area contributed by atoms with Crippen molar-refractivity contribution in [1.29, 1.82) is 0 Å². The second-order valence-electron chi connectivity index (χ2n) is 4.10. The van der Waals surface area contributed by atoms with Gasteiger partial charge in [-0.2, -0.15) is 11.8 Å². The van der Waals surface area contributed by atoms with E-state index in [0.29, 0.717) is 11.3 Å². The zero-order chi connectivity index (χ0) is 11.5. The minimum absolute atomic E-state index is 0.423. The Morgan fingerprint density at radius 3 is 2.88 bits per heavy atom. The zero-order valence-electron chi connectivity index (χ0n) is 9.17. The molecule has 1 fully saturated rings. The number of benzene rings is 1. The Balaban J connectivity index is 2.05. The fourth-order valence-corrected chi connectivity index (χ4v) is 3.14. The van der Waals surface area contributed by atoms with E-state index in [-0.39, 0.29) is 0 Å². The van der Waals surface area contributed by atoms with Crippen LogP contribution in [0.5, 0.6) is 0 Å². The SMILES string of the molecule is CC1NCCSC1Cc1ccc(F)c(F)c1. The maximum atomic E-state index is 13.0. The highest BCUT2D eigenvalue weighted by Gasteiger charge is 2.21. The first kappa shape index (κ1) is 11.9. The minimum Gasteiger partial charge on any atom is -0.312 e. The first-order chi connectivity index (χ1) is 7.66. The quantitative estimate of drug-likeness (QED) is 0.857. The van der Waals surface area contributed by atoms with Gasteiger partial charge in [-0.25, -0.2) is 8.78 Å². The summed E-state index contributed by atoms with van der Waals surface area (Å²) in [6.45, 7) is 3.16. The summed E-state index contributed by atoms with van der Waals surface area (Å²) >= 11 is 1.90. The summed E-state index contributed by atoms with van der Waals surface area (Å²) in [5.41, 5.74) is 0.868. The Labute approximate surface area is 98.6 Å². The van der Waals surface area contributed by atoms with E-state index in [1.807, 2.05) is 11.8 Å². The van der Waals surface area contributed by atoms with E-state index in [2.05, 4.69) is 12.2 Å². The molecule has 1 aromatic carbocycles. The fraction of sp³-hybridized carbons (Fsp3) is 0.500. The Hall–Kier alpha value is -0.610. The molecule has 0 bridgehead atoms. The summed E-state index contributed by atoms with van der Waals surface area (Å²) in [6.07, 6.45) is 0.788. The highest BCUT2D eigenvalue weighted by Crippen LogP contribution is 2.23. The van der Waals surface area contributed by atoms with Gasteiger partial charge in [-0.3, -0.25) is 0 Å². The van der Waals surface area contributed by atoms with E-state index < -0.39 is 11.6 Å². The van der Waals surface area contributed by atoms with Gasteiger partial charge in [0, 0.05) is 23.6 Å². The molecule has 0 aromatic heterocycles. The lowest BCUT2D eigenvalue weighted by Crippen LogP contribution is -2.42. The average molecular weight is 243 g/mol. The van der Waals surface area contributed by atoms with Crippen LogP contribution in [0.25, 0.3) is 0 Å². The Bertz CT molecular complexity index is 370. The predicted molar refractivity (Wildman–Crippen MR) is 63.8 cm³/mol. The molecule has 16 heavy (non-hydrogen) atoms. The van der Waals surface area contributed by atoms with E-state index in [1.54, 1.807) is 6.07 Å². The van der Waals surface area contributed by atoms with Crippen LogP contribution in [0.1, 0.15) is 12.5 Å². The average Bonchev–Trinajstić information content (AvgIpc) is 2.27. The van der Waals surface area contributed by atoms with Crippen molar-refractivity contribution < 1.29 is 8.78 Å². The van der Waals surface area contributed by atoms with Gasteiger partial charge in [-0.1, -0.05) is 6.07 Å². The van der Waals surface area contributed by atoms with Crippen molar-refractivity contribution in [3.05, 3.63) is 35.4 Å². The molecule has 1 saturated heterocycles. The third kappa shape index (κ3) is 2.74. The second kappa shape index (κ2) is 5.15. The molecule has 2 unspecified atom stereocenters. The normalized spacial score (nSPS) is 25.7. The maximum Gasteiger partial charge on any atom is 0.159 e. The summed E-state index contributed by atoms with van der Waals surface area (Å²) in [7, 11) is 0. The molecule has 1 aromatic rings. The van der Waals surface area contributed by atoms with Crippen LogP contribution in [0, 0.1) is 11.6 Å². The summed E-state index contributed by atoms with van der Waals surface area (Å²) in [6, 6.07) is 4.60. The van der Waals surface area contributed by atoms with E-state index in [1.165, 1.54) is 12.1 Å². The van der Waals surface area contributed by atoms with Gasteiger partial charge >= 0.3 is 0 Å². The molecule has 0 spiro atoms. The molecule has 1 aliphatic rings. The lowest BCUT2D eigenvalue weighted by Gasteiger charge is -2.29. The van der Waals surface area contributed by atoms with Crippen molar-refractivity contribution >= 4 is 11.8 Å². The second-order valence-corrected chi connectivity index (χ2v) is 5.45. The first-order valence-electron chi connectivity index (χ1n) is 5.46. The van der Waals surface area contributed by atoms with Gasteiger partial charge in [0.25, 0.3) is 0 Å². The summed E-state index contributed by atoms with van der Waals surface area (Å²) in [5.74, 6) is -0.441. The molecular weight excluding hydrogens is 228 g/mol. The van der Waals surface area contributed by atoms with Crippen molar-refractivity contribution in [2.75, 3.05) is 12.3 Å². The molecule has 1 aliphatic heterocycles. The largest absolute Gasteiger partial charge is 0.312 e. The van der Waals surface area contributed by atoms with Crippen LogP contribution in [-0.2, 0) is 6.42 Å². The van der Waals surface area contributed by atoms with Gasteiger partial charge in [0.15, 0.2) is 11.6 Å². The highest BCUT2D eigenvalue weighted by molar-refractivity contribution is 8.00. The molecule has 0 aliphatic carbocycles. The summed E-state index contributed by atoms with van der Waals surface area (Å²) in [4.78, 5) is 0. The molecule has 1 N–H and O–H groups in total. The molecule has 88 valence electrons. The first-order valence-corrected chi connectivity index (χ1v) is 6.50. The third-order valence-electron chi connectivity index (χ3n) is 2.88. The lowest BCUT2D eigenvalue weighted by atomic mass is 10.1. The van der Waals surface area contributed by atoms with E-state index >= 15 is 0 Å². The topological polar surface area (TPSA) is 12.0 Å². The fourth-order valence-electron chi connectivity index (χ4n) is 1.91. The Kier molecular flexibility index (Phi) is 3.82. The van der Waals surface area contributed by atoms with E-state index in [9.17, 15) is 8.78 Å². The number of rotatable bonds is 2. The van der Waals surface area contributed by atoms with Gasteiger partial charge in [-0.05, 0) is 31.0 Å². The highest BCUT2D eigenvalue weighted by atomic mass is 32.2. The Morgan fingerprint density at radius 2 is 2.19 bits per heavy atom. The van der Waals surface area contributed by atoms with E-state index in [4.69, 9.17) is 0 Å². The molecule has 0 amide bonds. The van der Waals surface area contributed by atoms with Crippen LogP contribution < -0.4 is 5.32 Å². The molecule has 2 rings (SSSR count).